The minimum atomic E-state index is -1.17. The van der Waals surface area contributed by atoms with Gasteiger partial charge in [0.15, 0.2) is 11.7 Å². The number of Topliss-reactive ketones (excluding diaryl/α,β-unsaturated/α-hetero) is 1. The number of likely N-dealkylation sites (tertiary alicyclic amines) is 1. The van der Waals surface area contributed by atoms with Crippen LogP contribution in [0.1, 0.15) is 11.1 Å². The number of benzene rings is 2. The minimum absolute atomic E-state index is 0.294. The van der Waals surface area contributed by atoms with Crippen LogP contribution in [-0.2, 0) is 22.6 Å². The zero-order chi connectivity index (χ0) is 16.2. The Morgan fingerprint density at radius 2 is 1.48 bits per heavy atom. The third-order valence-electron chi connectivity index (χ3n) is 4.12. The molecule has 2 aromatic rings. The smallest absolute Gasteiger partial charge is 0.248 e. The number of hydrogen-bond acceptors (Lipinski definition) is 3. The van der Waals surface area contributed by atoms with Crippen LogP contribution in [0.4, 0.5) is 0 Å². The van der Waals surface area contributed by atoms with Crippen LogP contribution in [0.2, 0.25) is 0 Å². The summed E-state index contributed by atoms with van der Waals surface area (Å²) in [6, 6.07) is 20.4. The second kappa shape index (κ2) is 6.45. The molecule has 1 fully saturated rings. The lowest BCUT2D eigenvalue weighted by atomic mass is 9.99. The maximum atomic E-state index is 12.5. The number of rotatable bonds is 4. The first-order valence-corrected chi connectivity index (χ1v) is 7.52. The Labute approximate surface area is 135 Å². The molecule has 0 aromatic heterocycles. The summed E-state index contributed by atoms with van der Waals surface area (Å²) in [5.41, 5.74) is 1.93. The molecule has 1 heterocycles. The second-order valence-corrected chi connectivity index (χ2v) is 5.62. The summed E-state index contributed by atoms with van der Waals surface area (Å²) in [6.07, 6.45) is 0.441. The summed E-state index contributed by atoms with van der Waals surface area (Å²) in [5, 5.41) is 9.16. The van der Waals surface area contributed by atoms with Crippen molar-refractivity contribution in [2.45, 2.75) is 19.0 Å². The summed E-state index contributed by atoms with van der Waals surface area (Å²) >= 11 is 0. The van der Waals surface area contributed by atoms with Crippen molar-refractivity contribution in [2.24, 2.45) is 5.92 Å². The average molecular weight is 304 g/mol. The van der Waals surface area contributed by atoms with Crippen LogP contribution in [-0.4, -0.2) is 22.6 Å². The van der Waals surface area contributed by atoms with E-state index in [0.29, 0.717) is 13.0 Å². The van der Waals surface area contributed by atoms with Gasteiger partial charge in [0.05, 0.1) is 12.1 Å². The first-order chi connectivity index (χ1) is 11.2. The van der Waals surface area contributed by atoms with Crippen molar-refractivity contribution in [3.05, 3.63) is 71.8 Å². The summed E-state index contributed by atoms with van der Waals surface area (Å²) < 4.78 is 0. The second-order valence-electron chi connectivity index (χ2n) is 5.62. The Balaban J connectivity index is 1.88. The highest BCUT2D eigenvalue weighted by Crippen LogP contribution is 2.26. The molecule has 0 radical (unpaired) electrons. The van der Waals surface area contributed by atoms with Crippen molar-refractivity contribution in [3.63, 3.8) is 0 Å². The fraction of sp³-hybridized carbons (Fsp3) is 0.211. The fourth-order valence-electron chi connectivity index (χ4n) is 2.92. The predicted molar refractivity (Wildman–Crippen MR) is 85.0 cm³/mol. The van der Waals surface area contributed by atoms with Crippen molar-refractivity contribution in [1.29, 1.82) is 5.26 Å². The molecule has 1 amide bonds. The molecule has 0 spiro atoms. The molecule has 1 aliphatic rings. The van der Waals surface area contributed by atoms with E-state index in [2.05, 4.69) is 0 Å². The maximum absolute atomic E-state index is 12.5. The highest BCUT2D eigenvalue weighted by molar-refractivity contribution is 6.12. The molecule has 0 bridgehead atoms. The molecule has 2 atom stereocenters. The first-order valence-electron chi connectivity index (χ1n) is 7.52. The van der Waals surface area contributed by atoms with Crippen LogP contribution in [0.5, 0.6) is 0 Å². The van der Waals surface area contributed by atoms with Gasteiger partial charge in [0.25, 0.3) is 0 Å². The van der Waals surface area contributed by atoms with Gasteiger partial charge in [-0.2, -0.15) is 5.26 Å². The molecule has 3 rings (SSSR count). The normalized spacial score (nSPS) is 20.6. The van der Waals surface area contributed by atoms with Gasteiger partial charge in [0.1, 0.15) is 0 Å². The Hall–Kier alpha value is -2.93. The predicted octanol–water partition coefficient (Wildman–Crippen LogP) is 2.35. The average Bonchev–Trinajstić information content (AvgIpc) is 2.80. The van der Waals surface area contributed by atoms with E-state index in [9.17, 15) is 9.59 Å². The molecule has 0 aliphatic carbocycles. The zero-order valence-electron chi connectivity index (χ0n) is 12.6. The van der Waals surface area contributed by atoms with Crippen LogP contribution in [0.15, 0.2) is 60.7 Å². The van der Waals surface area contributed by atoms with Crippen molar-refractivity contribution in [3.8, 4) is 6.07 Å². The number of hydrogen-bond donors (Lipinski definition) is 0. The van der Waals surface area contributed by atoms with Gasteiger partial charge in [-0.1, -0.05) is 60.7 Å². The first kappa shape index (κ1) is 15.0. The number of nitriles is 1. The standard InChI is InChI=1S/C19H16N2O2/c20-12-16-18(22)17(11-14-7-3-1-4-8-14)21(19(16)23)13-15-9-5-2-6-10-15/h1-10,16-17H,11,13H2/t16?,17-/m1/s1. The van der Waals surface area contributed by atoms with Crippen LogP contribution in [0, 0.1) is 17.2 Å². The number of amides is 1. The van der Waals surface area contributed by atoms with Crippen molar-refractivity contribution >= 4 is 11.7 Å². The van der Waals surface area contributed by atoms with Gasteiger partial charge in [-0.3, -0.25) is 9.59 Å². The Morgan fingerprint density at radius 1 is 0.913 bits per heavy atom. The van der Waals surface area contributed by atoms with Gasteiger partial charge in [-0.05, 0) is 11.1 Å². The number of nitrogens with zero attached hydrogens (tertiary/aromatic N) is 2. The summed E-state index contributed by atoms with van der Waals surface area (Å²) in [5.74, 6) is -1.85. The number of carbonyl (C=O) groups is 2. The molecule has 1 unspecified atom stereocenters. The van der Waals surface area contributed by atoms with E-state index in [1.807, 2.05) is 66.7 Å². The van der Waals surface area contributed by atoms with Gasteiger partial charge in [-0.15, -0.1) is 0 Å². The summed E-state index contributed by atoms with van der Waals surface area (Å²) in [6.45, 7) is 0.348. The van der Waals surface area contributed by atoms with E-state index >= 15 is 0 Å². The van der Waals surface area contributed by atoms with Gasteiger partial charge < -0.3 is 4.90 Å². The molecular weight excluding hydrogens is 288 g/mol. The van der Waals surface area contributed by atoms with Gasteiger partial charge >= 0.3 is 0 Å². The van der Waals surface area contributed by atoms with Crippen LogP contribution < -0.4 is 0 Å². The van der Waals surface area contributed by atoms with Crippen molar-refractivity contribution in [1.82, 2.24) is 4.90 Å². The van der Waals surface area contributed by atoms with E-state index in [4.69, 9.17) is 5.26 Å². The monoisotopic (exact) mass is 304 g/mol. The quantitative estimate of drug-likeness (QED) is 0.815. The lowest BCUT2D eigenvalue weighted by Gasteiger charge is -2.23. The lowest BCUT2D eigenvalue weighted by Crippen LogP contribution is -2.36. The number of ketones is 1. The topological polar surface area (TPSA) is 61.2 Å². The molecule has 4 heteroatoms. The SMILES string of the molecule is N#CC1C(=O)[C@@H](Cc2ccccc2)N(Cc2ccccc2)C1=O. The van der Waals surface area contributed by atoms with E-state index in [1.54, 1.807) is 4.90 Å². The largest absolute Gasteiger partial charge is 0.326 e. The van der Waals surface area contributed by atoms with Gasteiger partial charge in [0, 0.05) is 13.0 Å². The van der Waals surface area contributed by atoms with Crippen LogP contribution in [0.25, 0.3) is 0 Å². The van der Waals surface area contributed by atoms with E-state index in [0.717, 1.165) is 11.1 Å². The lowest BCUT2D eigenvalue weighted by molar-refractivity contribution is -0.131. The van der Waals surface area contributed by atoms with Crippen LogP contribution >= 0.6 is 0 Å². The van der Waals surface area contributed by atoms with E-state index in [-0.39, 0.29) is 11.7 Å². The molecule has 1 saturated heterocycles. The Kier molecular flexibility index (Phi) is 4.20. The van der Waals surface area contributed by atoms with E-state index in [1.165, 1.54) is 0 Å². The molecule has 0 N–H and O–H groups in total. The van der Waals surface area contributed by atoms with Crippen LogP contribution in [0.3, 0.4) is 0 Å². The van der Waals surface area contributed by atoms with Gasteiger partial charge in [0.2, 0.25) is 5.91 Å². The molecule has 114 valence electrons. The Bertz CT molecular complexity index is 690. The van der Waals surface area contributed by atoms with Crippen molar-refractivity contribution in [2.75, 3.05) is 0 Å². The highest BCUT2D eigenvalue weighted by atomic mass is 16.2. The molecular formula is C19H16N2O2. The molecule has 0 saturated carbocycles. The van der Waals surface area contributed by atoms with Gasteiger partial charge in [-0.25, -0.2) is 0 Å². The summed E-state index contributed by atoms with van der Waals surface area (Å²) in [7, 11) is 0. The minimum Gasteiger partial charge on any atom is -0.326 e. The maximum Gasteiger partial charge on any atom is 0.248 e. The zero-order valence-corrected chi connectivity index (χ0v) is 12.6. The molecule has 2 aromatic carbocycles. The molecule has 4 nitrogen and oxygen atoms in total. The van der Waals surface area contributed by atoms with Crippen molar-refractivity contribution < 1.29 is 9.59 Å². The Morgan fingerprint density at radius 3 is 2.04 bits per heavy atom. The summed E-state index contributed by atoms with van der Waals surface area (Å²) in [4.78, 5) is 26.4. The third kappa shape index (κ3) is 3.00. The highest BCUT2D eigenvalue weighted by Gasteiger charge is 2.47. The third-order valence-corrected chi connectivity index (χ3v) is 4.12. The number of carbonyl (C=O) groups excluding carboxylic acids is 2. The molecule has 1 aliphatic heterocycles. The molecule has 23 heavy (non-hydrogen) atoms. The van der Waals surface area contributed by atoms with E-state index < -0.39 is 12.0 Å². The fourth-order valence-corrected chi connectivity index (χ4v) is 2.92.